The Balaban J connectivity index is 1.85. The van der Waals surface area contributed by atoms with E-state index in [0.717, 1.165) is 0 Å². The monoisotopic (exact) mass is 337 g/mol. The van der Waals surface area contributed by atoms with Crippen LogP contribution in [0.1, 0.15) is 19.4 Å². The lowest BCUT2D eigenvalue weighted by molar-refractivity contribution is 0.0593. The molecule has 2 atom stereocenters. The van der Waals surface area contributed by atoms with Crippen LogP contribution in [0.2, 0.25) is 5.02 Å². The van der Waals surface area contributed by atoms with Crippen molar-refractivity contribution in [2.75, 3.05) is 6.54 Å². The molecule has 0 saturated heterocycles. The van der Waals surface area contributed by atoms with Gasteiger partial charge < -0.3 is 15.7 Å². The fourth-order valence-electron chi connectivity index (χ4n) is 2.17. The lowest BCUT2D eigenvalue weighted by Crippen LogP contribution is -2.47. The third kappa shape index (κ3) is 4.94. The average molecular weight is 338 g/mol. The van der Waals surface area contributed by atoms with E-state index in [4.69, 9.17) is 11.6 Å². The number of urea groups is 1. The molecule has 0 spiro atoms. The minimum absolute atomic E-state index is 0.0403. The highest BCUT2D eigenvalue weighted by molar-refractivity contribution is 6.31. The van der Waals surface area contributed by atoms with E-state index in [0.29, 0.717) is 17.1 Å². The maximum atomic E-state index is 11.9. The van der Waals surface area contributed by atoms with Crippen molar-refractivity contribution in [2.45, 2.75) is 32.0 Å². The topological polar surface area (TPSA) is 92.1 Å². The first-order chi connectivity index (χ1) is 10.9. The van der Waals surface area contributed by atoms with Crippen LogP contribution >= 0.6 is 11.6 Å². The van der Waals surface area contributed by atoms with Gasteiger partial charge in [-0.15, -0.1) is 0 Å². The zero-order valence-corrected chi connectivity index (χ0v) is 13.8. The number of hydrogen-bond acceptors (Lipinski definition) is 4. The van der Waals surface area contributed by atoms with Crippen molar-refractivity contribution in [2.24, 2.45) is 0 Å². The number of benzene rings is 1. The number of amides is 2. The predicted molar refractivity (Wildman–Crippen MR) is 87.0 cm³/mol. The molecule has 7 nitrogen and oxygen atoms in total. The molecule has 2 unspecified atom stereocenters. The minimum Gasteiger partial charge on any atom is -0.384 e. The highest BCUT2D eigenvalue weighted by atomic mass is 35.5. The molecule has 2 rings (SSSR count). The van der Waals surface area contributed by atoms with Crippen molar-refractivity contribution in [1.82, 2.24) is 25.4 Å². The largest absolute Gasteiger partial charge is 0.384 e. The summed E-state index contributed by atoms with van der Waals surface area (Å²) < 4.78 is 1.63. The molecule has 8 heteroatoms. The molecule has 124 valence electrons. The average Bonchev–Trinajstić information content (AvgIpc) is 2.98. The molecule has 23 heavy (non-hydrogen) atoms. The molecule has 0 aliphatic carbocycles. The van der Waals surface area contributed by atoms with Gasteiger partial charge in [-0.3, -0.25) is 4.68 Å². The molecule has 1 aromatic heterocycles. The molecule has 3 N–H and O–H groups in total. The smallest absolute Gasteiger partial charge is 0.315 e. The maximum Gasteiger partial charge on any atom is 0.315 e. The molecular weight excluding hydrogens is 318 g/mol. The van der Waals surface area contributed by atoms with Gasteiger partial charge in [0, 0.05) is 16.6 Å². The number of aromatic nitrogens is 3. The van der Waals surface area contributed by atoms with E-state index >= 15 is 0 Å². The normalized spacial score (nSPS) is 14.8. The van der Waals surface area contributed by atoms with Gasteiger partial charge in [0.1, 0.15) is 18.3 Å². The van der Waals surface area contributed by atoms with Crippen LogP contribution in [0.5, 0.6) is 0 Å². The number of halogens is 1. The fraction of sp³-hybridized carbons (Fsp3) is 0.400. The Morgan fingerprint density at radius 1 is 1.48 bits per heavy atom. The Labute approximate surface area is 139 Å². The van der Waals surface area contributed by atoms with Crippen molar-refractivity contribution in [3.63, 3.8) is 0 Å². The fourth-order valence-corrected chi connectivity index (χ4v) is 2.51. The second kappa shape index (κ2) is 7.43. The van der Waals surface area contributed by atoms with Crippen molar-refractivity contribution in [3.05, 3.63) is 47.5 Å². The number of carbonyl (C=O) groups is 1. The molecule has 2 amide bonds. The van der Waals surface area contributed by atoms with Crippen molar-refractivity contribution < 1.29 is 9.90 Å². The summed E-state index contributed by atoms with van der Waals surface area (Å²) in [6.07, 6.45) is 3.02. The van der Waals surface area contributed by atoms with Crippen LogP contribution in [0.4, 0.5) is 4.79 Å². The van der Waals surface area contributed by atoms with E-state index < -0.39 is 5.60 Å². The van der Waals surface area contributed by atoms with Gasteiger partial charge >= 0.3 is 6.03 Å². The van der Waals surface area contributed by atoms with Gasteiger partial charge in [-0.05, 0) is 19.9 Å². The summed E-state index contributed by atoms with van der Waals surface area (Å²) in [5.74, 6) is 0. The Morgan fingerprint density at radius 3 is 2.87 bits per heavy atom. The Kier molecular flexibility index (Phi) is 5.57. The summed E-state index contributed by atoms with van der Waals surface area (Å²) in [7, 11) is 0. The van der Waals surface area contributed by atoms with Crippen LogP contribution in [0, 0.1) is 0 Å². The third-order valence-electron chi connectivity index (χ3n) is 3.35. The van der Waals surface area contributed by atoms with Gasteiger partial charge in [-0.25, -0.2) is 9.78 Å². The number of aliphatic hydroxyl groups is 1. The molecule has 1 aromatic carbocycles. The zero-order valence-electron chi connectivity index (χ0n) is 13.0. The van der Waals surface area contributed by atoms with Gasteiger partial charge in [-0.1, -0.05) is 29.8 Å². The first-order valence-corrected chi connectivity index (χ1v) is 7.60. The van der Waals surface area contributed by atoms with Crippen molar-refractivity contribution in [1.29, 1.82) is 0 Å². The lowest BCUT2D eigenvalue weighted by atomic mass is 9.96. The van der Waals surface area contributed by atoms with Crippen LogP contribution in [0.3, 0.4) is 0 Å². The number of nitrogens with one attached hydrogen (secondary N) is 2. The highest BCUT2D eigenvalue weighted by Crippen LogP contribution is 2.27. The van der Waals surface area contributed by atoms with Gasteiger partial charge in [0.05, 0.1) is 13.1 Å². The predicted octanol–water partition coefficient (Wildman–Crippen LogP) is 1.53. The molecule has 0 radical (unpaired) electrons. The van der Waals surface area contributed by atoms with Crippen molar-refractivity contribution >= 4 is 17.6 Å². The van der Waals surface area contributed by atoms with E-state index in [1.807, 2.05) is 6.92 Å². The van der Waals surface area contributed by atoms with Crippen LogP contribution in [0.25, 0.3) is 0 Å². The number of carbonyl (C=O) groups excluding carboxylic acids is 1. The number of nitrogens with zero attached hydrogens (tertiary/aromatic N) is 3. The second-order valence-corrected chi connectivity index (χ2v) is 6.01. The molecule has 0 fully saturated rings. The summed E-state index contributed by atoms with van der Waals surface area (Å²) in [5.41, 5.74) is -0.692. The Bertz CT molecular complexity index is 645. The van der Waals surface area contributed by atoms with Gasteiger partial charge in [0.25, 0.3) is 0 Å². The maximum absolute atomic E-state index is 11.9. The third-order valence-corrected chi connectivity index (χ3v) is 3.68. The summed E-state index contributed by atoms with van der Waals surface area (Å²) in [6.45, 7) is 4.01. The van der Waals surface area contributed by atoms with Crippen LogP contribution in [-0.2, 0) is 12.1 Å². The quantitative estimate of drug-likeness (QED) is 0.745. The summed E-state index contributed by atoms with van der Waals surface area (Å²) in [6, 6.07) is 6.50. The van der Waals surface area contributed by atoms with E-state index in [2.05, 4.69) is 20.7 Å². The second-order valence-electron chi connectivity index (χ2n) is 5.60. The Hall–Kier alpha value is -2.12. The molecule has 0 saturated carbocycles. The van der Waals surface area contributed by atoms with Crippen molar-refractivity contribution in [3.8, 4) is 0 Å². The lowest BCUT2D eigenvalue weighted by Gasteiger charge is -2.25. The first kappa shape index (κ1) is 17.2. The number of hydrogen-bond donors (Lipinski definition) is 3. The first-order valence-electron chi connectivity index (χ1n) is 7.22. The van der Waals surface area contributed by atoms with Crippen LogP contribution in [-0.4, -0.2) is 38.5 Å². The molecular formula is C15H20ClN5O2. The van der Waals surface area contributed by atoms with E-state index in [9.17, 15) is 9.90 Å². The number of rotatable bonds is 6. The molecule has 2 aromatic rings. The summed E-state index contributed by atoms with van der Waals surface area (Å²) >= 11 is 6.08. The van der Waals surface area contributed by atoms with Gasteiger partial charge in [0.2, 0.25) is 0 Å². The van der Waals surface area contributed by atoms with E-state index in [1.54, 1.807) is 42.2 Å². The Morgan fingerprint density at radius 2 is 2.22 bits per heavy atom. The molecule has 0 aliphatic heterocycles. The highest BCUT2D eigenvalue weighted by Gasteiger charge is 2.26. The standard InChI is InChI=1S/C15H20ClN5O2/c1-11(7-21-10-17-9-19-21)20-14(22)18-8-15(2,23)12-5-3-4-6-13(12)16/h3-6,9-11,23H,7-8H2,1-2H3,(H2,18,20,22). The van der Waals surface area contributed by atoms with Gasteiger partial charge in [0.15, 0.2) is 0 Å². The summed E-state index contributed by atoms with van der Waals surface area (Å²) in [4.78, 5) is 15.8. The zero-order chi connectivity index (χ0) is 16.9. The molecule has 1 heterocycles. The van der Waals surface area contributed by atoms with Crippen LogP contribution < -0.4 is 10.6 Å². The van der Waals surface area contributed by atoms with E-state index in [-0.39, 0.29) is 18.6 Å². The van der Waals surface area contributed by atoms with Crippen LogP contribution in [0.15, 0.2) is 36.9 Å². The summed E-state index contributed by atoms with van der Waals surface area (Å²) in [5, 5.41) is 20.4. The molecule has 0 bridgehead atoms. The van der Waals surface area contributed by atoms with Gasteiger partial charge in [-0.2, -0.15) is 5.10 Å². The SMILES string of the molecule is CC(Cn1cncn1)NC(=O)NCC(C)(O)c1ccccc1Cl. The van der Waals surface area contributed by atoms with E-state index in [1.165, 1.54) is 6.33 Å². The molecule has 0 aliphatic rings. The minimum atomic E-state index is -1.26.